The molecule has 0 radical (unpaired) electrons. The smallest absolute Gasteiger partial charge is 0.342 e. The Morgan fingerprint density at radius 1 is 1.00 bits per heavy atom. The van der Waals surface area contributed by atoms with Crippen molar-refractivity contribution >= 4 is 23.4 Å². The average Bonchev–Trinajstić information content (AvgIpc) is 2.53. The van der Waals surface area contributed by atoms with Gasteiger partial charge in [0.1, 0.15) is 22.8 Å². The topological polar surface area (TPSA) is 83.8 Å². The summed E-state index contributed by atoms with van der Waals surface area (Å²) in [7, 11) is 0. The second-order valence-electron chi connectivity index (χ2n) is 5.79. The van der Waals surface area contributed by atoms with Crippen LogP contribution in [0.3, 0.4) is 0 Å². The Balaban J connectivity index is 2.34. The third-order valence-corrected chi connectivity index (χ3v) is 4.33. The molecule has 2 N–H and O–H groups in total. The van der Waals surface area contributed by atoms with Gasteiger partial charge in [0.05, 0.1) is 11.6 Å². The predicted molar refractivity (Wildman–Crippen MR) is 90.6 cm³/mol. The third kappa shape index (κ3) is 4.74. The third-order valence-electron chi connectivity index (χ3n) is 3.91. The monoisotopic (exact) mass is 352 g/mol. The molecule has 5 nitrogen and oxygen atoms in total. The lowest BCUT2D eigenvalue weighted by atomic mass is 9.98. The maximum absolute atomic E-state index is 12.3. The molecule has 0 aromatic heterocycles. The van der Waals surface area contributed by atoms with Gasteiger partial charge in [-0.1, -0.05) is 30.2 Å². The molecule has 0 aliphatic carbocycles. The summed E-state index contributed by atoms with van der Waals surface area (Å²) < 4.78 is 5.15. The summed E-state index contributed by atoms with van der Waals surface area (Å²) >= 11 is 6.06. The van der Waals surface area contributed by atoms with Gasteiger partial charge in [0, 0.05) is 24.5 Å². The van der Waals surface area contributed by atoms with Crippen molar-refractivity contribution in [2.45, 2.75) is 44.9 Å². The number of halogens is 1. The van der Waals surface area contributed by atoms with Crippen molar-refractivity contribution in [2.75, 3.05) is 6.61 Å². The first-order chi connectivity index (χ1) is 11.5. The van der Waals surface area contributed by atoms with E-state index in [4.69, 9.17) is 16.3 Å². The number of allylic oxidation sites excluding steroid dienone is 1. The number of esters is 1. The van der Waals surface area contributed by atoms with Crippen molar-refractivity contribution in [3.8, 4) is 11.5 Å². The minimum Gasteiger partial charge on any atom is -0.507 e. The molecular formula is C18H21ClO5. The first-order valence-corrected chi connectivity index (χ1v) is 8.45. The molecule has 0 saturated heterocycles. The van der Waals surface area contributed by atoms with E-state index in [2.05, 4.69) is 0 Å². The number of fused-ring (bicyclic) bond motifs is 1. The molecule has 0 spiro atoms. The molecule has 0 bridgehead atoms. The van der Waals surface area contributed by atoms with Gasteiger partial charge < -0.3 is 14.9 Å². The molecule has 0 fully saturated rings. The first-order valence-electron chi connectivity index (χ1n) is 8.08. The summed E-state index contributed by atoms with van der Waals surface area (Å²) in [6, 6.07) is 0.987. The van der Waals surface area contributed by atoms with Gasteiger partial charge in [-0.15, -0.1) is 0 Å². The Labute approximate surface area is 145 Å². The number of cyclic esters (lactones) is 1. The van der Waals surface area contributed by atoms with Gasteiger partial charge in [0.2, 0.25) is 0 Å². The Hall–Kier alpha value is -2.01. The highest BCUT2D eigenvalue weighted by atomic mass is 35.5. The zero-order valence-electron chi connectivity index (χ0n) is 13.4. The molecule has 1 aromatic rings. The van der Waals surface area contributed by atoms with Gasteiger partial charge in [-0.25, -0.2) is 4.79 Å². The first kappa shape index (κ1) is 18.3. The van der Waals surface area contributed by atoms with Crippen LogP contribution in [0.5, 0.6) is 11.5 Å². The minimum atomic E-state index is -0.750. The number of aromatic hydroxyl groups is 2. The molecule has 0 saturated carbocycles. The van der Waals surface area contributed by atoms with Gasteiger partial charge in [-0.3, -0.25) is 4.79 Å². The molecule has 6 heteroatoms. The summed E-state index contributed by atoms with van der Waals surface area (Å²) in [6.45, 7) is 0.167. The maximum atomic E-state index is 12.3. The number of phenols is 2. The molecule has 1 heterocycles. The second-order valence-corrected chi connectivity index (χ2v) is 6.17. The van der Waals surface area contributed by atoms with E-state index in [-0.39, 0.29) is 40.7 Å². The number of hydrogen-bond donors (Lipinski definition) is 2. The molecular weight excluding hydrogens is 332 g/mol. The summed E-state index contributed by atoms with van der Waals surface area (Å²) in [5.74, 6) is -1.65. The number of hydrogen-bond acceptors (Lipinski definition) is 5. The highest BCUT2D eigenvalue weighted by Gasteiger charge is 2.24. The summed E-state index contributed by atoms with van der Waals surface area (Å²) in [4.78, 5) is 24.5. The quantitative estimate of drug-likeness (QED) is 0.546. The lowest BCUT2D eigenvalue weighted by Crippen LogP contribution is -2.13. The standard InChI is InChI=1S/C18H21ClO5/c19-17-13-10-12(20)8-6-4-2-1-3-5-7-9-24-18(23)16(13)14(21)11-15(17)22/h3,5,11,21-22H,1-2,4,6-10H2/b5-3-. The molecule has 2 rings (SSSR count). The lowest BCUT2D eigenvalue weighted by Gasteiger charge is -2.13. The van der Waals surface area contributed by atoms with Crippen molar-refractivity contribution in [2.24, 2.45) is 0 Å². The van der Waals surface area contributed by atoms with Crippen LogP contribution in [0.15, 0.2) is 18.2 Å². The van der Waals surface area contributed by atoms with Gasteiger partial charge in [0.15, 0.2) is 0 Å². The Bertz CT molecular complexity index is 651. The van der Waals surface area contributed by atoms with Crippen LogP contribution in [0.25, 0.3) is 0 Å². The fourth-order valence-corrected chi connectivity index (χ4v) is 2.87. The lowest BCUT2D eigenvalue weighted by molar-refractivity contribution is -0.118. The molecule has 1 aliphatic rings. The fraction of sp³-hybridized carbons (Fsp3) is 0.444. The van der Waals surface area contributed by atoms with Gasteiger partial charge in [-0.05, 0) is 25.7 Å². The van der Waals surface area contributed by atoms with Crippen molar-refractivity contribution in [3.63, 3.8) is 0 Å². The summed E-state index contributed by atoms with van der Waals surface area (Å²) in [5.41, 5.74) is -0.0282. The number of ketones is 1. The van der Waals surface area contributed by atoms with E-state index in [1.165, 1.54) is 0 Å². The molecule has 0 amide bonds. The molecule has 1 aliphatic heterocycles. The maximum Gasteiger partial charge on any atom is 0.342 e. The van der Waals surface area contributed by atoms with Crippen molar-refractivity contribution < 1.29 is 24.5 Å². The largest absolute Gasteiger partial charge is 0.507 e. The van der Waals surface area contributed by atoms with Crippen LogP contribution in [0.4, 0.5) is 0 Å². The summed E-state index contributed by atoms with van der Waals surface area (Å²) in [5, 5.41) is 19.7. The zero-order chi connectivity index (χ0) is 17.5. The summed E-state index contributed by atoms with van der Waals surface area (Å²) in [6.07, 6.45) is 8.44. The van der Waals surface area contributed by atoms with Gasteiger partial charge in [0.25, 0.3) is 0 Å². The second kappa shape index (κ2) is 8.73. The predicted octanol–water partition coefficient (Wildman–Crippen LogP) is 3.93. The highest BCUT2D eigenvalue weighted by molar-refractivity contribution is 6.33. The van der Waals surface area contributed by atoms with Crippen LogP contribution in [-0.2, 0) is 16.0 Å². The molecule has 130 valence electrons. The zero-order valence-corrected chi connectivity index (χ0v) is 14.1. The van der Waals surface area contributed by atoms with Crippen LogP contribution in [0, 0.1) is 0 Å². The van der Waals surface area contributed by atoms with E-state index < -0.39 is 11.7 Å². The van der Waals surface area contributed by atoms with E-state index in [9.17, 15) is 19.8 Å². The Morgan fingerprint density at radius 2 is 1.75 bits per heavy atom. The van der Waals surface area contributed by atoms with Crippen molar-refractivity contribution in [1.29, 1.82) is 0 Å². The number of phenolic OH excluding ortho intramolecular Hbond substituents is 2. The van der Waals surface area contributed by atoms with Crippen LogP contribution in [0.2, 0.25) is 5.02 Å². The number of benzene rings is 1. The van der Waals surface area contributed by atoms with Crippen molar-refractivity contribution in [1.82, 2.24) is 0 Å². The van der Waals surface area contributed by atoms with Crippen LogP contribution >= 0.6 is 11.6 Å². The molecule has 24 heavy (non-hydrogen) atoms. The number of carbonyl (C=O) groups excluding carboxylic acids is 2. The van der Waals surface area contributed by atoms with E-state index in [1.807, 2.05) is 12.2 Å². The van der Waals surface area contributed by atoms with E-state index in [0.29, 0.717) is 12.8 Å². The fourth-order valence-electron chi connectivity index (χ4n) is 2.65. The van der Waals surface area contributed by atoms with Gasteiger partial charge in [-0.2, -0.15) is 0 Å². The van der Waals surface area contributed by atoms with Crippen LogP contribution < -0.4 is 0 Å². The van der Waals surface area contributed by atoms with Crippen LogP contribution in [-0.4, -0.2) is 28.6 Å². The average molecular weight is 353 g/mol. The van der Waals surface area contributed by atoms with E-state index in [1.54, 1.807) is 0 Å². The van der Waals surface area contributed by atoms with Crippen molar-refractivity contribution in [3.05, 3.63) is 34.4 Å². The van der Waals surface area contributed by atoms with E-state index in [0.717, 1.165) is 31.7 Å². The minimum absolute atomic E-state index is 0.0960. The molecule has 0 unspecified atom stereocenters. The van der Waals surface area contributed by atoms with Crippen LogP contribution in [0.1, 0.15) is 54.4 Å². The number of carbonyl (C=O) groups is 2. The highest BCUT2D eigenvalue weighted by Crippen LogP contribution is 2.37. The number of ether oxygens (including phenoxy) is 1. The molecule has 0 atom stereocenters. The molecule has 1 aromatic carbocycles. The number of rotatable bonds is 0. The van der Waals surface area contributed by atoms with Gasteiger partial charge >= 0.3 is 5.97 Å². The normalized spacial score (nSPS) is 18.9. The Kier molecular flexibility index (Phi) is 6.67. The Morgan fingerprint density at radius 3 is 2.54 bits per heavy atom. The van der Waals surface area contributed by atoms with E-state index >= 15 is 0 Å². The SMILES string of the molecule is O=C1CCCCC/C=C\CCOC(=O)c2c(O)cc(O)c(Cl)c2C1. The number of Topliss-reactive ketones (excluding diaryl/α,β-unsaturated/α-hetero) is 1.